The highest BCUT2D eigenvalue weighted by atomic mass is 16.4. The minimum Gasteiger partial charge on any atom is -0.478 e. The molecule has 18 heavy (non-hydrogen) atoms. The topological polar surface area (TPSA) is 66.6 Å². The van der Waals surface area contributed by atoms with Crippen LogP contribution in [0.2, 0.25) is 0 Å². The van der Waals surface area contributed by atoms with E-state index in [-0.39, 0.29) is 0 Å². The van der Waals surface area contributed by atoms with E-state index >= 15 is 0 Å². The Morgan fingerprint density at radius 1 is 1.56 bits per heavy atom. The summed E-state index contributed by atoms with van der Waals surface area (Å²) in [6.07, 6.45) is 3.55. The molecule has 0 bridgehead atoms. The molecule has 1 saturated heterocycles. The zero-order valence-corrected chi connectivity index (χ0v) is 10.7. The first-order chi connectivity index (χ1) is 8.61. The summed E-state index contributed by atoms with van der Waals surface area (Å²) in [6, 6.07) is 5.15. The average Bonchev–Trinajstić information content (AvgIpc) is 2.78. The van der Waals surface area contributed by atoms with Crippen molar-refractivity contribution < 1.29 is 9.90 Å². The standard InChI is InChI=1S/C14H20N2O2/c1-2-3-10-6-7-16(9-10)13-5-4-11(15)8-12(13)14(17)18/h4-5,8,10H,2-3,6-7,9,15H2,1H3,(H,17,18). The Balaban J connectivity index is 2.21. The number of carbonyl (C=O) groups is 1. The number of nitrogen functional groups attached to an aromatic ring is 1. The van der Waals surface area contributed by atoms with Crippen molar-refractivity contribution in [2.24, 2.45) is 5.92 Å². The fourth-order valence-corrected chi connectivity index (χ4v) is 2.70. The zero-order chi connectivity index (χ0) is 13.1. The predicted molar refractivity (Wildman–Crippen MR) is 73.0 cm³/mol. The maximum Gasteiger partial charge on any atom is 0.337 e. The van der Waals surface area contributed by atoms with E-state index < -0.39 is 5.97 Å². The molecule has 4 nitrogen and oxygen atoms in total. The molecule has 1 unspecified atom stereocenters. The van der Waals surface area contributed by atoms with E-state index in [4.69, 9.17) is 5.73 Å². The number of nitrogens with two attached hydrogens (primary N) is 1. The first kappa shape index (κ1) is 12.7. The summed E-state index contributed by atoms with van der Waals surface area (Å²) in [6.45, 7) is 4.08. The van der Waals surface area contributed by atoms with Crippen LogP contribution in [0.25, 0.3) is 0 Å². The van der Waals surface area contributed by atoms with Gasteiger partial charge in [-0.05, 0) is 37.0 Å². The van der Waals surface area contributed by atoms with Gasteiger partial charge >= 0.3 is 5.97 Å². The van der Waals surface area contributed by atoms with Crippen molar-refractivity contribution in [1.82, 2.24) is 0 Å². The van der Waals surface area contributed by atoms with Crippen molar-refractivity contribution in [2.45, 2.75) is 26.2 Å². The van der Waals surface area contributed by atoms with E-state index in [0.29, 0.717) is 17.2 Å². The van der Waals surface area contributed by atoms with Gasteiger partial charge in [-0.3, -0.25) is 0 Å². The van der Waals surface area contributed by atoms with Crippen molar-refractivity contribution >= 4 is 17.3 Å². The minimum atomic E-state index is -0.906. The Bertz CT molecular complexity index is 445. The molecule has 3 N–H and O–H groups in total. The third-order valence-corrected chi connectivity index (χ3v) is 3.57. The van der Waals surface area contributed by atoms with Crippen LogP contribution in [-0.2, 0) is 0 Å². The predicted octanol–water partition coefficient (Wildman–Crippen LogP) is 2.59. The van der Waals surface area contributed by atoms with Gasteiger partial charge in [0.25, 0.3) is 0 Å². The Morgan fingerprint density at radius 3 is 3.00 bits per heavy atom. The van der Waals surface area contributed by atoms with Gasteiger partial charge in [-0.2, -0.15) is 0 Å². The summed E-state index contributed by atoms with van der Waals surface area (Å²) in [5, 5.41) is 9.24. The molecular weight excluding hydrogens is 228 g/mol. The third-order valence-electron chi connectivity index (χ3n) is 3.57. The van der Waals surface area contributed by atoms with Gasteiger partial charge in [-0.1, -0.05) is 13.3 Å². The number of nitrogens with zero attached hydrogens (tertiary/aromatic N) is 1. The average molecular weight is 248 g/mol. The van der Waals surface area contributed by atoms with E-state index in [2.05, 4.69) is 11.8 Å². The lowest BCUT2D eigenvalue weighted by Crippen LogP contribution is -2.22. The van der Waals surface area contributed by atoms with E-state index in [1.165, 1.54) is 12.8 Å². The van der Waals surface area contributed by atoms with Crippen LogP contribution in [0.4, 0.5) is 11.4 Å². The first-order valence-electron chi connectivity index (χ1n) is 6.49. The van der Waals surface area contributed by atoms with Crippen LogP contribution >= 0.6 is 0 Å². The molecule has 0 aliphatic carbocycles. The molecule has 98 valence electrons. The van der Waals surface area contributed by atoms with Crippen LogP contribution in [0, 0.1) is 5.92 Å². The lowest BCUT2D eigenvalue weighted by atomic mass is 10.0. The van der Waals surface area contributed by atoms with Crippen LogP contribution in [0.3, 0.4) is 0 Å². The molecule has 0 radical (unpaired) electrons. The number of aromatic carboxylic acids is 1. The van der Waals surface area contributed by atoms with Gasteiger partial charge in [0.1, 0.15) is 0 Å². The Morgan fingerprint density at radius 2 is 2.33 bits per heavy atom. The van der Waals surface area contributed by atoms with Crippen molar-refractivity contribution in [3.8, 4) is 0 Å². The summed E-state index contributed by atoms with van der Waals surface area (Å²) in [4.78, 5) is 13.4. The fourth-order valence-electron chi connectivity index (χ4n) is 2.70. The largest absolute Gasteiger partial charge is 0.478 e. The quantitative estimate of drug-likeness (QED) is 0.804. The van der Waals surface area contributed by atoms with Gasteiger partial charge < -0.3 is 15.7 Å². The molecule has 1 fully saturated rings. The minimum absolute atomic E-state index is 0.312. The summed E-state index contributed by atoms with van der Waals surface area (Å²) >= 11 is 0. The Hall–Kier alpha value is -1.71. The lowest BCUT2D eigenvalue weighted by molar-refractivity contribution is 0.0697. The highest BCUT2D eigenvalue weighted by molar-refractivity contribution is 5.95. The Labute approximate surface area is 107 Å². The SMILES string of the molecule is CCCC1CCN(c2ccc(N)cc2C(=O)O)C1. The number of hydrogen-bond acceptors (Lipinski definition) is 3. The van der Waals surface area contributed by atoms with Crippen LogP contribution in [0.1, 0.15) is 36.5 Å². The maximum absolute atomic E-state index is 11.3. The van der Waals surface area contributed by atoms with Crippen LogP contribution < -0.4 is 10.6 Å². The van der Waals surface area contributed by atoms with E-state index in [0.717, 1.165) is 25.2 Å². The molecule has 1 aliphatic heterocycles. The lowest BCUT2D eigenvalue weighted by Gasteiger charge is -2.21. The van der Waals surface area contributed by atoms with Crippen molar-refractivity contribution in [3.05, 3.63) is 23.8 Å². The second kappa shape index (κ2) is 5.29. The molecule has 1 aromatic rings. The third kappa shape index (κ3) is 2.58. The van der Waals surface area contributed by atoms with Gasteiger partial charge in [0.15, 0.2) is 0 Å². The second-order valence-electron chi connectivity index (χ2n) is 4.97. The molecule has 0 saturated carbocycles. The molecule has 0 amide bonds. The smallest absolute Gasteiger partial charge is 0.337 e. The van der Waals surface area contributed by atoms with Crippen molar-refractivity contribution in [1.29, 1.82) is 0 Å². The molecule has 1 atom stereocenters. The fraction of sp³-hybridized carbons (Fsp3) is 0.500. The Kier molecular flexibility index (Phi) is 3.75. The highest BCUT2D eigenvalue weighted by Gasteiger charge is 2.25. The molecular formula is C14H20N2O2. The highest BCUT2D eigenvalue weighted by Crippen LogP contribution is 2.30. The van der Waals surface area contributed by atoms with Crippen molar-refractivity contribution in [3.63, 3.8) is 0 Å². The number of hydrogen-bond donors (Lipinski definition) is 2. The molecule has 1 aliphatic rings. The second-order valence-corrected chi connectivity index (χ2v) is 4.97. The number of anilines is 2. The van der Waals surface area contributed by atoms with E-state index in [1.54, 1.807) is 12.1 Å². The molecule has 1 heterocycles. The summed E-state index contributed by atoms with van der Waals surface area (Å²) < 4.78 is 0. The van der Waals surface area contributed by atoms with Crippen LogP contribution in [0.15, 0.2) is 18.2 Å². The van der Waals surface area contributed by atoms with Gasteiger partial charge in [0.2, 0.25) is 0 Å². The van der Waals surface area contributed by atoms with E-state index in [9.17, 15) is 9.90 Å². The van der Waals surface area contributed by atoms with Crippen LogP contribution in [-0.4, -0.2) is 24.2 Å². The number of benzene rings is 1. The number of carboxylic acids is 1. The normalized spacial score (nSPS) is 19.2. The summed E-state index contributed by atoms with van der Waals surface area (Å²) in [5.74, 6) is -0.217. The molecule has 2 rings (SSSR count). The summed E-state index contributed by atoms with van der Waals surface area (Å²) in [7, 11) is 0. The maximum atomic E-state index is 11.3. The van der Waals surface area contributed by atoms with Crippen LogP contribution in [0.5, 0.6) is 0 Å². The number of rotatable bonds is 4. The van der Waals surface area contributed by atoms with Gasteiger partial charge in [0.05, 0.1) is 11.3 Å². The first-order valence-corrected chi connectivity index (χ1v) is 6.49. The van der Waals surface area contributed by atoms with Gasteiger partial charge in [-0.15, -0.1) is 0 Å². The van der Waals surface area contributed by atoms with E-state index in [1.807, 2.05) is 6.07 Å². The monoisotopic (exact) mass is 248 g/mol. The summed E-state index contributed by atoms with van der Waals surface area (Å²) in [5.41, 5.74) is 7.27. The molecule has 1 aromatic carbocycles. The van der Waals surface area contributed by atoms with Crippen molar-refractivity contribution in [2.75, 3.05) is 23.7 Å². The van der Waals surface area contributed by atoms with Gasteiger partial charge in [-0.25, -0.2) is 4.79 Å². The zero-order valence-electron chi connectivity index (χ0n) is 10.7. The molecule has 0 aromatic heterocycles. The van der Waals surface area contributed by atoms with Gasteiger partial charge in [0, 0.05) is 18.8 Å². The molecule has 4 heteroatoms. The number of carboxylic acid groups (broad SMARTS) is 1. The molecule has 0 spiro atoms.